The van der Waals surface area contributed by atoms with Gasteiger partial charge in [0.25, 0.3) is 0 Å². The number of allylic oxidation sites excluding steroid dienone is 1. The Kier molecular flexibility index (Phi) is 15.9. The Balaban J connectivity index is 3.34. The van der Waals surface area contributed by atoms with E-state index in [1.165, 1.54) is 26.2 Å². The summed E-state index contributed by atoms with van der Waals surface area (Å²) in [6.07, 6.45) is 17.2. The van der Waals surface area contributed by atoms with E-state index in [-0.39, 0.29) is 6.10 Å². The van der Waals surface area contributed by atoms with Gasteiger partial charge in [-0.2, -0.15) is 0 Å². The molecule has 0 bridgehead atoms. The fourth-order valence-corrected chi connectivity index (χ4v) is 2.57. The molecule has 0 rings (SSSR count). The van der Waals surface area contributed by atoms with Crippen molar-refractivity contribution in [2.75, 3.05) is 0 Å². The summed E-state index contributed by atoms with van der Waals surface area (Å²) in [7, 11) is 0. The van der Waals surface area contributed by atoms with Crippen LogP contribution >= 0.6 is 0 Å². The minimum atomic E-state index is -0.530. The molecule has 0 saturated carbocycles. The summed E-state index contributed by atoms with van der Waals surface area (Å²) in [5.41, 5.74) is 0. The highest BCUT2D eigenvalue weighted by Gasteiger charge is 2.05. The number of rotatable bonds is 15. The van der Waals surface area contributed by atoms with Crippen LogP contribution in [0.15, 0.2) is 12.2 Å². The largest absolute Gasteiger partial charge is 0.393 e. The third kappa shape index (κ3) is 17.2. The zero-order chi connectivity index (χ0) is 18.0. The summed E-state index contributed by atoms with van der Waals surface area (Å²) in [6.45, 7) is 3.44. The minimum absolute atomic E-state index is 0.187. The Morgan fingerprint density at radius 1 is 0.958 bits per heavy atom. The summed E-state index contributed by atoms with van der Waals surface area (Å²) in [4.78, 5) is 21.7. The molecule has 0 heterocycles. The van der Waals surface area contributed by atoms with Crippen LogP contribution in [0.3, 0.4) is 0 Å². The van der Waals surface area contributed by atoms with Crippen molar-refractivity contribution in [1.82, 2.24) is 0 Å². The van der Waals surface area contributed by atoms with Crippen LogP contribution in [0, 0.1) is 0 Å². The van der Waals surface area contributed by atoms with Crippen molar-refractivity contribution >= 4 is 11.9 Å². The van der Waals surface area contributed by atoms with Gasteiger partial charge in [-0.3, -0.25) is 9.59 Å². The zero-order valence-corrected chi connectivity index (χ0v) is 15.6. The highest BCUT2D eigenvalue weighted by Crippen LogP contribution is 2.10. The van der Waals surface area contributed by atoms with Crippen LogP contribution in [-0.4, -0.2) is 23.1 Å². The number of aliphatic hydroxyl groups excluding tert-OH is 1. The molecule has 0 aromatic carbocycles. The van der Waals surface area contributed by atoms with Crippen LogP contribution < -0.4 is 0 Å². The fraction of sp³-hybridized carbons (Fsp3) is 0.800. The number of unbranched alkanes of at least 4 members (excludes halogenated alkanes) is 8. The Hall–Kier alpha value is -1.16. The Bertz CT molecular complexity index is 350. The number of hydrogen-bond donors (Lipinski definition) is 1. The lowest BCUT2D eigenvalue weighted by atomic mass is 10.1. The summed E-state index contributed by atoms with van der Waals surface area (Å²) >= 11 is 0. The molecule has 140 valence electrons. The molecule has 0 aromatic heterocycles. The van der Waals surface area contributed by atoms with Crippen LogP contribution in [0.1, 0.15) is 97.3 Å². The Morgan fingerprint density at radius 2 is 1.62 bits per heavy atom. The predicted molar refractivity (Wildman–Crippen MR) is 97.6 cm³/mol. The molecular formula is C20H36O4. The highest BCUT2D eigenvalue weighted by molar-refractivity contribution is 5.83. The second kappa shape index (κ2) is 16.7. The van der Waals surface area contributed by atoms with E-state index in [1.807, 2.05) is 0 Å². The molecule has 1 atom stereocenters. The lowest BCUT2D eigenvalue weighted by molar-refractivity contribution is -0.158. The summed E-state index contributed by atoms with van der Waals surface area (Å²) in [5, 5.41) is 9.84. The van der Waals surface area contributed by atoms with Crippen molar-refractivity contribution in [1.29, 1.82) is 0 Å². The maximum Gasteiger partial charge on any atom is 0.313 e. The van der Waals surface area contributed by atoms with E-state index >= 15 is 0 Å². The Morgan fingerprint density at radius 3 is 2.33 bits per heavy atom. The van der Waals surface area contributed by atoms with Gasteiger partial charge in [-0.25, -0.2) is 0 Å². The third-order valence-corrected chi connectivity index (χ3v) is 3.97. The molecule has 0 radical (unpaired) electrons. The van der Waals surface area contributed by atoms with Crippen LogP contribution in [0.25, 0.3) is 0 Å². The summed E-state index contributed by atoms with van der Waals surface area (Å²) in [5.74, 6) is -0.948. The molecule has 1 N–H and O–H groups in total. The number of ether oxygens (including phenoxy) is 1. The molecule has 0 aliphatic heterocycles. The van der Waals surface area contributed by atoms with E-state index in [1.54, 1.807) is 0 Å². The van der Waals surface area contributed by atoms with Crippen LogP contribution in [0.4, 0.5) is 0 Å². The average molecular weight is 341 g/mol. The van der Waals surface area contributed by atoms with E-state index in [0.29, 0.717) is 6.42 Å². The summed E-state index contributed by atoms with van der Waals surface area (Å²) < 4.78 is 4.47. The molecule has 0 aromatic rings. The molecule has 0 saturated heterocycles. The predicted octanol–water partition coefficient (Wildman–Crippen LogP) is 5.08. The second-order valence-corrected chi connectivity index (χ2v) is 6.48. The monoisotopic (exact) mass is 340 g/mol. The number of carbonyl (C=O) groups is 2. The smallest absolute Gasteiger partial charge is 0.313 e. The standard InChI is InChI=1S/C20H36O4/c1-3-4-5-12-15-19(22)16-13-10-8-6-7-9-11-14-17-20(23)24-18(2)21/h10,13,19,22H,3-9,11-12,14-17H2,1-2H3/b13-10-/t19-/m1/s1. The highest BCUT2D eigenvalue weighted by atomic mass is 16.6. The third-order valence-electron chi connectivity index (χ3n) is 3.97. The van der Waals surface area contributed by atoms with Crippen molar-refractivity contribution in [3.8, 4) is 0 Å². The SMILES string of the molecule is CCCCCC[C@@H](O)C/C=C\CCCCCCCC(=O)OC(C)=O. The molecule has 0 fully saturated rings. The molecule has 4 nitrogen and oxygen atoms in total. The molecule has 0 amide bonds. The van der Waals surface area contributed by atoms with Gasteiger partial charge >= 0.3 is 11.9 Å². The van der Waals surface area contributed by atoms with Gasteiger partial charge in [0.05, 0.1) is 6.10 Å². The fourth-order valence-electron chi connectivity index (χ4n) is 2.57. The molecule has 4 heteroatoms. The molecule has 0 unspecified atom stereocenters. The van der Waals surface area contributed by atoms with Gasteiger partial charge in [0.2, 0.25) is 0 Å². The van der Waals surface area contributed by atoms with Gasteiger partial charge in [-0.15, -0.1) is 0 Å². The van der Waals surface area contributed by atoms with Gasteiger partial charge in [0.15, 0.2) is 0 Å². The van der Waals surface area contributed by atoms with Gasteiger partial charge < -0.3 is 9.84 Å². The van der Waals surface area contributed by atoms with E-state index in [2.05, 4.69) is 23.8 Å². The minimum Gasteiger partial charge on any atom is -0.393 e. The van der Waals surface area contributed by atoms with Gasteiger partial charge in [-0.1, -0.05) is 64.0 Å². The quantitative estimate of drug-likeness (QED) is 0.195. The first kappa shape index (κ1) is 22.8. The van der Waals surface area contributed by atoms with Gasteiger partial charge in [0.1, 0.15) is 0 Å². The normalized spacial score (nSPS) is 12.5. The number of esters is 2. The van der Waals surface area contributed by atoms with Crippen molar-refractivity contribution in [3.63, 3.8) is 0 Å². The topological polar surface area (TPSA) is 63.6 Å². The lowest BCUT2D eigenvalue weighted by Crippen LogP contribution is -2.08. The van der Waals surface area contributed by atoms with Crippen molar-refractivity contribution in [2.24, 2.45) is 0 Å². The number of aliphatic hydroxyl groups is 1. The van der Waals surface area contributed by atoms with Gasteiger partial charge in [0, 0.05) is 13.3 Å². The van der Waals surface area contributed by atoms with Crippen LogP contribution in [0.5, 0.6) is 0 Å². The number of carbonyl (C=O) groups excluding carboxylic acids is 2. The van der Waals surface area contributed by atoms with Crippen molar-refractivity contribution < 1.29 is 19.4 Å². The van der Waals surface area contributed by atoms with E-state index < -0.39 is 11.9 Å². The molecule has 0 spiro atoms. The lowest BCUT2D eigenvalue weighted by Gasteiger charge is -2.07. The maximum absolute atomic E-state index is 11.1. The molecule has 0 aliphatic carbocycles. The van der Waals surface area contributed by atoms with Crippen molar-refractivity contribution in [2.45, 2.75) is 103 Å². The first-order valence-electron chi connectivity index (χ1n) is 9.60. The van der Waals surface area contributed by atoms with E-state index in [0.717, 1.165) is 57.8 Å². The zero-order valence-electron chi connectivity index (χ0n) is 15.6. The van der Waals surface area contributed by atoms with Crippen LogP contribution in [-0.2, 0) is 14.3 Å². The first-order chi connectivity index (χ1) is 11.6. The van der Waals surface area contributed by atoms with Crippen LogP contribution in [0.2, 0.25) is 0 Å². The summed E-state index contributed by atoms with van der Waals surface area (Å²) in [6, 6.07) is 0. The molecular weight excluding hydrogens is 304 g/mol. The molecule has 24 heavy (non-hydrogen) atoms. The van der Waals surface area contributed by atoms with E-state index in [4.69, 9.17) is 0 Å². The first-order valence-corrected chi connectivity index (χ1v) is 9.60. The Labute approximate surface area is 147 Å². The second-order valence-electron chi connectivity index (χ2n) is 6.48. The average Bonchev–Trinajstić information content (AvgIpc) is 2.52. The maximum atomic E-state index is 11.1. The molecule has 0 aliphatic rings. The van der Waals surface area contributed by atoms with E-state index in [9.17, 15) is 14.7 Å². The van der Waals surface area contributed by atoms with Crippen molar-refractivity contribution in [3.05, 3.63) is 12.2 Å². The van der Waals surface area contributed by atoms with Gasteiger partial charge in [-0.05, 0) is 32.1 Å². The number of hydrogen-bond acceptors (Lipinski definition) is 4.